The van der Waals surface area contributed by atoms with E-state index in [-0.39, 0.29) is 70.0 Å². The maximum absolute atomic E-state index is 14.8. The first-order valence-corrected chi connectivity index (χ1v) is 23.7. The molecular formula is C48H65N13O9. The number of guanidine groups is 1. The molecule has 2 fully saturated rings. The number of H-pyrrole nitrogens is 2. The summed E-state index contributed by atoms with van der Waals surface area (Å²) in [7, 11) is 0. The van der Waals surface area contributed by atoms with Crippen molar-refractivity contribution in [1.29, 1.82) is 0 Å². The number of carboxylic acids is 1. The summed E-state index contributed by atoms with van der Waals surface area (Å²) in [5, 5.41) is 22.5. The Hall–Kier alpha value is -7.49. The van der Waals surface area contributed by atoms with Gasteiger partial charge in [-0.2, -0.15) is 0 Å². The van der Waals surface area contributed by atoms with Crippen molar-refractivity contribution >= 4 is 75.1 Å². The lowest BCUT2D eigenvalue weighted by Gasteiger charge is -2.32. The maximum Gasteiger partial charge on any atom is 0.326 e. The standard InChI is InChI=1S/C48H65N13O9/c1-26(2)20-37(46(68)61-19-9-16-39(61)47(69)70)59-44(66)38-15-8-18-60(38)45(67)34(14-7-17-53-48(51)52)56-42(64)36(22-28-25-55-33-13-6-4-11-30(28)33)58-43(65)35(57-41(63)31(49)23-40(50)62)21-27-24-54-32-12-5-3-10-29(27)32/h3-6,10-13,24-26,31,34-39,54-55H,7-9,14-23,49H2,1-2H3,(H2,50,62)(H,56,64)(H,57,63)(H,58,65)(H,59,66)(H,69,70)(H4,51,52,53)/t31-,34-,35-,36-,37-,38-,39-/m0/s1. The van der Waals surface area contributed by atoms with Crippen molar-refractivity contribution in [3.63, 3.8) is 0 Å². The third-order valence-corrected chi connectivity index (χ3v) is 12.8. The number of hydrogen-bond donors (Lipinski definition) is 11. The summed E-state index contributed by atoms with van der Waals surface area (Å²) in [4.78, 5) is 122. The van der Waals surface area contributed by atoms with E-state index in [1.807, 2.05) is 62.4 Å². The fourth-order valence-electron chi connectivity index (χ4n) is 9.30. The van der Waals surface area contributed by atoms with Gasteiger partial charge in [0.1, 0.15) is 36.3 Å². The van der Waals surface area contributed by atoms with Crippen molar-refractivity contribution in [2.24, 2.45) is 33.8 Å². The molecule has 22 heteroatoms. The molecule has 2 aromatic carbocycles. The number of primary amides is 1. The van der Waals surface area contributed by atoms with Crippen LogP contribution in [-0.4, -0.2) is 140 Å². The highest BCUT2D eigenvalue weighted by Gasteiger charge is 2.42. The number of nitrogens with two attached hydrogens (primary N) is 4. The lowest BCUT2D eigenvalue weighted by molar-refractivity contribution is -0.150. The maximum atomic E-state index is 14.8. The van der Waals surface area contributed by atoms with Crippen molar-refractivity contribution in [3.8, 4) is 0 Å². The zero-order valence-corrected chi connectivity index (χ0v) is 39.4. The van der Waals surface area contributed by atoms with Crippen LogP contribution in [-0.2, 0) is 51.2 Å². The summed E-state index contributed by atoms with van der Waals surface area (Å²) < 4.78 is 0. The number of rotatable bonds is 23. The van der Waals surface area contributed by atoms with Crippen LogP contribution in [0.1, 0.15) is 76.3 Å². The Morgan fingerprint density at radius 1 is 0.700 bits per heavy atom. The van der Waals surface area contributed by atoms with E-state index < -0.39 is 96.0 Å². The summed E-state index contributed by atoms with van der Waals surface area (Å²) in [6.07, 6.45) is 4.73. The fourth-order valence-corrected chi connectivity index (χ4v) is 9.30. The average Bonchev–Trinajstić information content (AvgIpc) is 4.16. The van der Waals surface area contributed by atoms with Crippen molar-refractivity contribution in [3.05, 3.63) is 72.1 Å². The lowest BCUT2D eigenvalue weighted by atomic mass is 10.0. The Morgan fingerprint density at radius 3 is 1.73 bits per heavy atom. The third-order valence-electron chi connectivity index (χ3n) is 12.8. The molecule has 0 bridgehead atoms. The molecule has 22 nitrogen and oxygen atoms in total. The predicted molar refractivity (Wildman–Crippen MR) is 260 cm³/mol. The summed E-state index contributed by atoms with van der Waals surface area (Å²) in [6, 6.07) is 6.31. The highest BCUT2D eigenvalue weighted by molar-refractivity contribution is 5.98. The molecule has 7 atom stereocenters. The number of benzene rings is 2. The number of para-hydroxylation sites is 2. The zero-order chi connectivity index (χ0) is 50.6. The SMILES string of the molecule is CC(C)C[C@H](NC(=O)[C@@H]1CCCN1C(=O)[C@H](CCCN=C(N)N)NC(=O)[C@H](Cc1c[nH]c2ccccc12)NC(=O)[C@H](Cc1c[nH]c2ccccc12)NC(=O)[C@@H](N)CC(N)=O)C(=O)N1CCC[C@H]1C(=O)O. The molecule has 2 saturated heterocycles. The molecule has 0 spiro atoms. The van der Waals surface area contributed by atoms with E-state index in [1.165, 1.54) is 9.80 Å². The molecule has 2 aromatic heterocycles. The van der Waals surface area contributed by atoms with Crippen LogP contribution >= 0.6 is 0 Å². The molecule has 15 N–H and O–H groups in total. The number of aliphatic imine (C=N–C) groups is 1. The number of carboxylic acid groups (broad SMARTS) is 1. The Kier molecular flexibility index (Phi) is 17.6. The van der Waals surface area contributed by atoms with Crippen LogP contribution in [0, 0.1) is 5.92 Å². The number of hydrogen-bond acceptors (Lipinski definition) is 10. The van der Waals surface area contributed by atoms with Crippen molar-refractivity contribution < 1.29 is 43.5 Å². The highest BCUT2D eigenvalue weighted by Crippen LogP contribution is 2.25. The Bertz CT molecular complexity index is 2590. The fraction of sp³-hybridized carbons (Fsp3) is 0.479. The number of nitrogens with zero attached hydrogens (tertiary/aromatic N) is 3. The number of aromatic amines is 2. The van der Waals surface area contributed by atoms with E-state index in [9.17, 15) is 43.5 Å². The predicted octanol–water partition coefficient (Wildman–Crippen LogP) is -0.257. The van der Waals surface area contributed by atoms with Crippen LogP contribution in [0.25, 0.3) is 21.8 Å². The number of likely N-dealkylation sites (tertiary alicyclic amines) is 2. The van der Waals surface area contributed by atoms with Crippen molar-refractivity contribution in [2.45, 2.75) is 120 Å². The van der Waals surface area contributed by atoms with Crippen LogP contribution < -0.4 is 44.2 Å². The van der Waals surface area contributed by atoms with Gasteiger partial charge in [0.2, 0.25) is 41.4 Å². The molecule has 6 rings (SSSR count). The van der Waals surface area contributed by atoms with Gasteiger partial charge in [-0.1, -0.05) is 50.2 Å². The van der Waals surface area contributed by atoms with Crippen LogP contribution in [0.3, 0.4) is 0 Å². The van der Waals surface area contributed by atoms with Crippen molar-refractivity contribution in [2.75, 3.05) is 19.6 Å². The number of nitrogens with one attached hydrogen (secondary N) is 6. The number of carbonyl (C=O) groups is 8. The Balaban J connectivity index is 1.28. The first kappa shape index (κ1) is 51.9. The molecular weight excluding hydrogens is 903 g/mol. The first-order valence-electron chi connectivity index (χ1n) is 23.7. The van der Waals surface area contributed by atoms with E-state index in [4.69, 9.17) is 22.9 Å². The quantitative estimate of drug-likeness (QED) is 0.0260. The summed E-state index contributed by atoms with van der Waals surface area (Å²) in [6.45, 7) is 4.24. The van der Waals surface area contributed by atoms with Crippen molar-refractivity contribution in [1.82, 2.24) is 41.0 Å². The second-order valence-electron chi connectivity index (χ2n) is 18.4. The van der Waals surface area contributed by atoms with Crippen LogP contribution in [0.4, 0.5) is 0 Å². The van der Waals surface area contributed by atoms with Crippen LogP contribution in [0.5, 0.6) is 0 Å². The van der Waals surface area contributed by atoms with E-state index >= 15 is 0 Å². The van der Waals surface area contributed by atoms with E-state index in [2.05, 4.69) is 36.2 Å². The molecule has 70 heavy (non-hydrogen) atoms. The number of fused-ring (bicyclic) bond motifs is 2. The van der Waals surface area contributed by atoms with Gasteiger partial charge in [0.25, 0.3) is 0 Å². The molecule has 0 saturated carbocycles. The molecule has 0 unspecified atom stereocenters. The zero-order valence-electron chi connectivity index (χ0n) is 39.4. The largest absolute Gasteiger partial charge is 0.480 e. The Labute approximate surface area is 404 Å². The van der Waals surface area contributed by atoms with Gasteiger partial charge in [-0.3, -0.25) is 38.6 Å². The van der Waals surface area contributed by atoms with E-state index in [1.54, 1.807) is 12.4 Å². The van der Waals surface area contributed by atoms with Gasteiger partial charge in [0, 0.05) is 66.7 Å². The normalized spacial score (nSPS) is 17.9. The summed E-state index contributed by atoms with van der Waals surface area (Å²) in [5.74, 6) is -6.23. The van der Waals surface area contributed by atoms with Gasteiger partial charge in [0.05, 0.1) is 12.5 Å². The monoisotopic (exact) mass is 968 g/mol. The van der Waals surface area contributed by atoms with Gasteiger partial charge in [-0.25, -0.2) is 4.79 Å². The molecule has 0 aliphatic carbocycles. The second kappa shape index (κ2) is 23.7. The number of carbonyl (C=O) groups excluding carboxylic acids is 7. The smallest absolute Gasteiger partial charge is 0.326 e. The van der Waals surface area contributed by atoms with Gasteiger partial charge in [0.15, 0.2) is 5.96 Å². The van der Waals surface area contributed by atoms with Crippen LogP contribution in [0.2, 0.25) is 0 Å². The topological polar surface area (TPSA) is 359 Å². The average molecular weight is 968 g/mol. The minimum absolute atomic E-state index is 0.0109. The lowest BCUT2D eigenvalue weighted by Crippen LogP contribution is -2.60. The first-order chi connectivity index (χ1) is 33.4. The van der Waals surface area contributed by atoms with E-state index in [0.717, 1.165) is 21.8 Å². The third kappa shape index (κ3) is 13.2. The molecule has 7 amide bonds. The van der Waals surface area contributed by atoms with Gasteiger partial charge in [-0.15, -0.1) is 0 Å². The van der Waals surface area contributed by atoms with E-state index in [0.29, 0.717) is 30.4 Å². The Morgan fingerprint density at radius 2 is 1.20 bits per heavy atom. The molecule has 2 aliphatic rings. The number of aromatic nitrogens is 2. The number of amides is 7. The summed E-state index contributed by atoms with van der Waals surface area (Å²) in [5.41, 5.74) is 25.4. The molecule has 376 valence electrons. The van der Waals surface area contributed by atoms with Gasteiger partial charge in [-0.05, 0) is 74.1 Å². The minimum Gasteiger partial charge on any atom is -0.480 e. The van der Waals surface area contributed by atoms with Gasteiger partial charge >= 0.3 is 5.97 Å². The summed E-state index contributed by atoms with van der Waals surface area (Å²) >= 11 is 0. The number of aliphatic carboxylic acids is 1. The molecule has 4 aromatic rings. The van der Waals surface area contributed by atoms with Gasteiger partial charge < -0.3 is 69.1 Å². The minimum atomic E-state index is -1.38. The van der Waals surface area contributed by atoms with Crippen LogP contribution in [0.15, 0.2) is 65.9 Å². The molecule has 2 aliphatic heterocycles. The second-order valence-corrected chi connectivity index (χ2v) is 18.4. The molecule has 0 radical (unpaired) electrons. The highest BCUT2D eigenvalue weighted by atomic mass is 16.4. The molecule has 4 heterocycles.